The number of benzene rings is 2. The van der Waals surface area contributed by atoms with E-state index in [1.54, 1.807) is 0 Å². The first-order chi connectivity index (χ1) is 17.5. The first-order valence-corrected chi connectivity index (χ1v) is 13.6. The predicted molar refractivity (Wildman–Crippen MR) is 145 cm³/mol. The van der Waals surface area contributed by atoms with Crippen LogP contribution in [0.4, 0.5) is 5.00 Å². The lowest BCUT2D eigenvalue weighted by molar-refractivity contribution is -0.117. The second kappa shape index (κ2) is 10.9. The van der Waals surface area contributed by atoms with Gasteiger partial charge in [-0.05, 0) is 41.9 Å². The van der Waals surface area contributed by atoms with E-state index in [0.717, 1.165) is 51.0 Å². The Morgan fingerprint density at radius 1 is 1.00 bits per heavy atom. The van der Waals surface area contributed by atoms with Crippen molar-refractivity contribution in [2.75, 3.05) is 38.0 Å². The van der Waals surface area contributed by atoms with Gasteiger partial charge < -0.3 is 11.1 Å². The van der Waals surface area contributed by atoms with Gasteiger partial charge in [-0.2, -0.15) is 0 Å². The van der Waals surface area contributed by atoms with Crippen molar-refractivity contribution < 1.29 is 9.59 Å². The number of nitrogens with two attached hydrogens (primary N) is 1. The maximum absolute atomic E-state index is 13.0. The van der Waals surface area contributed by atoms with Gasteiger partial charge in [-0.3, -0.25) is 19.4 Å². The summed E-state index contributed by atoms with van der Waals surface area (Å²) in [5.41, 5.74) is 9.85. The van der Waals surface area contributed by atoms with Gasteiger partial charge in [0.05, 0.1) is 18.2 Å². The van der Waals surface area contributed by atoms with Gasteiger partial charge in [0, 0.05) is 31.1 Å². The monoisotopic (exact) mass is 502 g/mol. The third kappa shape index (κ3) is 5.38. The molecule has 2 aromatic carbocycles. The van der Waals surface area contributed by atoms with Crippen LogP contribution in [-0.2, 0) is 17.6 Å². The maximum Gasteiger partial charge on any atom is 0.251 e. The lowest BCUT2D eigenvalue weighted by Gasteiger charge is -2.39. The van der Waals surface area contributed by atoms with E-state index in [1.807, 2.05) is 0 Å². The van der Waals surface area contributed by atoms with Gasteiger partial charge in [0.2, 0.25) is 5.91 Å². The number of nitrogens with one attached hydrogen (secondary N) is 1. The molecular weight excluding hydrogens is 468 g/mol. The largest absolute Gasteiger partial charge is 0.365 e. The number of thiophene rings is 1. The fourth-order valence-electron chi connectivity index (χ4n) is 5.53. The van der Waals surface area contributed by atoms with Crippen LogP contribution in [0.5, 0.6) is 0 Å². The molecule has 6 nitrogen and oxygen atoms in total. The number of amides is 2. The third-order valence-corrected chi connectivity index (χ3v) is 8.55. The van der Waals surface area contributed by atoms with Gasteiger partial charge in [-0.1, -0.05) is 67.6 Å². The van der Waals surface area contributed by atoms with Gasteiger partial charge in [0.1, 0.15) is 5.00 Å². The minimum absolute atomic E-state index is 0.0831. The molecule has 36 heavy (non-hydrogen) atoms. The molecule has 1 unspecified atom stereocenters. The highest BCUT2D eigenvalue weighted by Crippen LogP contribution is 2.39. The van der Waals surface area contributed by atoms with E-state index >= 15 is 0 Å². The molecule has 0 saturated carbocycles. The smallest absolute Gasteiger partial charge is 0.251 e. The fraction of sp³-hybridized carbons (Fsp3) is 0.379. The van der Waals surface area contributed by atoms with Crippen molar-refractivity contribution >= 4 is 28.2 Å². The van der Waals surface area contributed by atoms with Crippen molar-refractivity contribution in [1.82, 2.24) is 9.80 Å². The Morgan fingerprint density at radius 3 is 2.19 bits per heavy atom. The Morgan fingerprint density at radius 2 is 1.61 bits per heavy atom. The molecule has 0 spiro atoms. The lowest BCUT2D eigenvalue weighted by Crippen LogP contribution is -2.49. The average molecular weight is 503 g/mol. The number of primary amides is 1. The van der Waals surface area contributed by atoms with Crippen LogP contribution in [0.1, 0.15) is 51.3 Å². The van der Waals surface area contributed by atoms with Crippen molar-refractivity contribution in [2.45, 2.75) is 32.2 Å². The summed E-state index contributed by atoms with van der Waals surface area (Å²) in [6, 6.07) is 21.4. The molecule has 0 radical (unpaired) electrons. The van der Waals surface area contributed by atoms with Crippen molar-refractivity contribution in [3.05, 3.63) is 87.8 Å². The van der Waals surface area contributed by atoms with E-state index in [4.69, 9.17) is 5.73 Å². The lowest BCUT2D eigenvalue weighted by atomic mass is 9.88. The van der Waals surface area contributed by atoms with Crippen LogP contribution >= 0.6 is 11.3 Å². The Hall–Kier alpha value is -3.00. The molecule has 1 atom stereocenters. The summed E-state index contributed by atoms with van der Waals surface area (Å²) in [4.78, 5) is 31.1. The molecular formula is C29H34N4O2S. The molecule has 1 fully saturated rings. The number of hydrogen-bond acceptors (Lipinski definition) is 5. The van der Waals surface area contributed by atoms with Crippen LogP contribution in [0.25, 0.3) is 0 Å². The summed E-state index contributed by atoms with van der Waals surface area (Å²) in [5, 5.41) is 3.64. The zero-order valence-corrected chi connectivity index (χ0v) is 21.6. The van der Waals surface area contributed by atoms with Crippen molar-refractivity contribution in [1.29, 1.82) is 0 Å². The number of carbonyl (C=O) groups excluding carboxylic acids is 2. The highest BCUT2D eigenvalue weighted by molar-refractivity contribution is 7.17. The zero-order valence-electron chi connectivity index (χ0n) is 20.8. The molecule has 0 bridgehead atoms. The summed E-state index contributed by atoms with van der Waals surface area (Å²) in [6.07, 6.45) is 2.85. The van der Waals surface area contributed by atoms with Crippen molar-refractivity contribution in [2.24, 2.45) is 11.7 Å². The van der Waals surface area contributed by atoms with Gasteiger partial charge in [0.25, 0.3) is 5.91 Å². The van der Waals surface area contributed by atoms with Gasteiger partial charge >= 0.3 is 0 Å². The summed E-state index contributed by atoms with van der Waals surface area (Å²) < 4.78 is 0. The zero-order chi connectivity index (χ0) is 25.1. The highest BCUT2D eigenvalue weighted by Gasteiger charge is 2.29. The Kier molecular flexibility index (Phi) is 7.51. The number of piperazine rings is 1. The first kappa shape index (κ1) is 24.7. The predicted octanol–water partition coefficient (Wildman–Crippen LogP) is 4.32. The SMILES string of the molecule is CC1CCc2c(sc(NC(=O)CN3CCN(C(c4ccccc4)c4ccccc4)CC3)c2C(N)=O)C1. The minimum atomic E-state index is -0.446. The van der Waals surface area contributed by atoms with Crippen LogP contribution in [0.3, 0.4) is 0 Å². The van der Waals surface area contributed by atoms with E-state index in [2.05, 4.69) is 82.7 Å². The summed E-state index contributed by atoms with van der Waals surface area (Å²) >= 11 is 1.52. The van der Waals surface area contributed by atoms with Crippen LogP contribution in [0, 0.1) is 5.92 Å². The second-order valence-electron chi connectivity index (χ2n) is 10.0. The normalized spacial score (nSPS) is 18.7. The van der Waals surface area contributed by atoms with E-state index in [0.29, 0.717) is 23.0 Å². The number of fused-ring (bicyclic) bond motifs is 1. The molecule has 3 aromatic rings. The molecule has 5 rings (SSSR count). The van der Waals surface area contributed by atoms with Crippen molar-refractivity contribution in [3.8, 4) is 0 Å². The molecule has 3 N–H and O–H groups in total. The number of rotatable bonds is 7. The van der Waals surface area contributed by atoms with Gasteiger partial charge in [-0.15, -0.1) is 11.3 Å². The molecule has 1 aliphatic carbocycles. The fourth-order valence-corrected chi connectivity index (χ4v) is 6.97. The Labute approximate surface area is 217 Å². The first-order valence-electron chi connectivity index (χ1n) is 12.8. The third-order valence-electron chi connectivity index (χ3n) is 7.38. The molecule has 1 aliphatic heterocycles. The van der Waals surface area contributed by atoms with Crippen LogP contribution in [0.15, 0.2) is 60.7 Å². The van der Waals surface area contributed by atoms with E-state index in [-0.39, 0.29) is 11.9 Å². The molecule has 2 heterocycles. The highest BCUT2D eigenvalue weighted by atomic mass is 32.1. The van der Waals surface area contributed by atoms with Crippen molar-refractivity contribution in [3.63, 3.8) is 0 Å². The number of anilines is 1. The molecule has 7 heteroatoms. The summed E-state index contributed by atoms with van der Waals surface area (Å²) in [6.45, 7) is 5.91. The number of carbonyl (C=O) groups is 2. The summed E-state index contributed by atoms with van der Waals surface area (Å²) in [7, 11) is 0. The quantitative estimate of drug-likeness (QED) is 0.505. The van der Waals surface area contributed by atoms with Gasteiger partial charge in [0.15, 0.2) is 0 Å². The van der Waals surface area contributed by atoms with E-state index < -0.39 is 5.91 Å². The topological polar surface area (TPSA) is 78.7 Å². The number of nitrogens with zero attached hydrogens (tertiary/aromatic N) is 2. The minimum Gasteiger partial charge on any atom is -0.365 e. The Balaban J connectivity index is 1.23. The molecule has 188 valence electrons. The van der Waals surface area contributed by atoms with E-state index in [9.17, 15) is 9.59 Å². The standard InChI is InChI=1S/C29H34N4O2S/c1-20-12-13-23-24(18-20)36-29(26(23)28(30)35)31-25(34)19-32-14-16-33(17-15-32)27(21-8-4-2-5-9-21)22-10-6-3-7-11-22/h2-11,20,27H,12-19H2,1H3,(H2,30,35)(H,31,34). The van der Waals surface area contributed by atoms with E-state index in [1.165, 1.54) is 27.3 Å². The second-order valence-corrected chi connectivity index (χ2v) is 11.1. The van der Waals surface area contributed by atoms with Crippen LogP contribution in [-0.4, -0.2) is 54.3 Å². The summed E-state index contributed by atoms with van der Waals surface area (Å²) in [5.74, 6) is 0.0615. The van der Waals surface area contributed by atoms with Gasteiger partial charge in [-0.25, -0.2) is 0 Å². The Bertz CT molecular complexity index is 1160. The average Bonchev–Trinajstić information content (AvgIpc) is 3.23. The molecule has 1 aromatic heterocycles. The van der Waals surface area contributed by atoms with Crippen LogP contribution < -0.4 is 11.1 Å². The van der Waals surface area contributed by atoms with Crippen LogP contribution in [0.2, 0.25) is 0 Å². The maximum atomic E-state index is 13.0. The number of hydrogen-bond donors (Lipinski definition) is 2. The molecule has 2 aliphatic rings. The molecule has 1 saturated heterocycles. The molecule has 2 amide bonds.